The minimum absolute atomic E-state index is 0.0389. The van der Waals surface area contributed by atoms with Crippen molar-refractivity contribution in [2.75, 3.05) is 12.8 Å². The van der Waals surface area contributed by atoms with Crippen molar-refractivity contribution in [2.24, 2.45) is 0 Å². The summed E-state index contributed by atoms with van der Waals surface area (Å²) in [6.45, 7) is -0.191. The van der Waals surface area contributed by atoms with E-state index < -0.39 is 44.6 Å². The van der Waals surface area contributed by atoms with Gasteiger partial charge in [0.15, 0.2) is 15.1 Å². The lowest BCUT2D eigenvalue weighted by molar-refractivity contribution is -0.305. The number of sulfone groups is 1. The predicted octanol–water partition coefficient (Wildman–Crippen LogP) is -0.779. The van der Waals surface area contributed by atoms with Gasteiger partial charge >= 0.3 is 0 Å². The molecule has 0 N–H and O–H groups in total. The van der Waals surface area contributed by atoms with Crippen molar-refractivity contribution in [3.8, 4) is 0 Å². The number of hydrogen-bond donors (Lipinski definition) is 0. The fourth-order valence-corrected chi connectivity index (χ4v) is 4.06. The lowest BCUT2D eigenvalue weighted by Gasteiger charge is -2.27. The molecule has 0 aromatic heterocycles. The van der Waals surface area contributed by atoms with E-state index in [0.29, 0.717) is 0 Å². The van der Waals surface area contributed by atoms with Crippen molar-refractivity contribution >= 4 is 27.5 Å². The number of Topliss-reactive ketones (excluding diaryl/α,β-unsaturated/α-hetero) is 1. The van der Waals surface area contributed by atoms with Crippen LogP contribution in [0.3, 0.4) is 0 Å². The van der Waals surface area contributed by atoms with Gasteiger partial charge in [-0.2, -0.15) is 0 Å². The molecule has 1 aliphatic rings. The molecule has 0 spiro atoms. The lowest BCUT2D eigenvalue weighted by atomic mass is 10.0. The van der Waals surface area contributed by atoms with Gasteiger partial charge in [-0.3, -0.25) is 9.59 Å². The number of amides is 1. The first-order chi connectivity index (χ1) is 11.1. The Balaban J connectivity index is 2.47. The van der Waals surface area contributed by atoms with Crippen LogP contribution < -0.4 is 5.11 Å². The van der Waals surface area contributed by atoms with Gasteiger partial charge in [0.1, 0.15) is 5.82 Å². The molecule has 1 amide bonds. The molecule has 130 valence electrons. The Kier molecular flexibility index (Phi) is 5.02. The fraction of sp³-hybridized carbons (Fsp3) is 0.400. The molecule has 1 aromatic carbocycles. The Morgan fingerprint density at radius 2 is 1.92 bits per heavy atom. The second kappa shape index (κ2) is 6.68. The van der Waals surface area contributed by atoms with E-state index in [-0.39, 0.29) is 24.9 Å². The minimum atomic E-state index is -3.98. The molecule has 0 bridgehead atoms. The van der Waals surface area contributed by atoms with E-state index in [4.69, 9.17) is 0 Å². The maximum Gasteiger partial charge on any atom is 0.292 e. The van der Waals surface area contributed by atoms with Crippen LogP contribution in [0.1, 0.15) is 24.4 Å². The second-order valence-electron chi connectivity index (χ2n) is 5.55. The summed E-state index contributed by atoms with van der Waals surface area (Å²) in [6, 6.07) is 3.94. The van der Waals surface area contributed by atoms with Gasteiger partial charge in [-0.1, -0.05) is 18.2 Å². The Morgan fingerprint density at radius 3 is 2.46 bits per heavy atom. The van der Waals surface area contributed by atoms with E-state index in [0.717, 1.165) is 17.2 Å². The van der Waals surface area contributed by atoms with Crippen LogP contribution in [0.5, 0.6) is 0 Å². The SMILES string of the molecule is CS(=O)(=O)[C@@H]1C(=O)C(=O)N(CCCC(=O)[O-])[C@@H]1c1ccccc1F. The zero-order valence-corrected chi connectivity index (χ0v) is 13.6. The van der Waals surface area contributed by atoms with Gasteiger partial charge < -0.3 is 14.8 Å². The number of carboxylic acids is 1. The molecule has 1 fully saturated rings. The third-order valence-corrected chi connectivity index (χ3v) is 5.21. The summed E-state index contributed by atoms with van der Waals surface area (Å²) in [4.78, 5) is 35.7. The van der Waals surface area contributed by atoms with Crippen molar-refractivity contribution in [3.05, 3.63) is 35.6 Å². The summed E-state index contributed by atoms with van der Waals surface area (Å²) in [5, 5.41) is 8.79. The number of rotatable bonds is 6. The highest BCUT2D eigenvalue weighted by atomic mass is 32.2. The molecule has 2 rings (SSSR count). The van der Waals surface area contributed by atoms with Crippen LogP contribution in [0, 0.1) is 5.82 Å². The van der Waals surface area contributed by atoms with Crippen molar-refractivity contribution in [1.82, 2.24) is 4.90 Å². The van der Waals surface area contributed by atoms with Crippen LogP contribution >= 0.6 is 0 Å². The number of ketones is 1. The predicted molar refractivity (Wildman–Crippen MR) is 78.7 cm³/mol. The standard InChI is InChI=1S/C15H16FNO6S/c1-24(22,23)14-12(9-5-2-3-6-10(9)16)17(15(21)13(14)20)8-4-7-11(18)19/h2-3,5-6,12,14H,4,7-8H2,1H3,(H,18,19)/p-1/t12-,14+/m1/s1. The van der Waals surface area contributed by atoms with E-state index in [1.807, 2.05) is 0 Å². The average Bonchev–Trinajstić information content (AvgIpc) is 2.72. The Bertz CT molecular complexity index is 791. The highest BCUT2D eigenvalue weighted by molar-refractivity contribution is 7.92. The van der Waals surface area contributed by atoms with Gasteiger partial charge in [-0.15, -0.1) is 0 Å². The van der Waals surface area contributed by atoms with E-state index in [2.05, 4.69) is 0 Å². The van der Waals surface area contributed by atoms with Crippen LogP contribution in [-0.4, -0.2) is 49.0 Å². The maximum atomic E-state index is 14.1. The zero-order valence-electron chi connectivity index (χ0n) is 12.8. The number of aliphatic carboxylic acids is 1. The van der Waals surface area contributed by atoms with Crippen LogP contribution in [-0.2, 0) is 24.2 Å². The van der Waals surface area contributed by atoms with Gasteiger partial charge in [0.2, 0.25) is 5.78 Å². The molecular formula is C15H15FNO6S-. The van der Waals surface area contributed by atoms with Crippen molar-refractivity contribution in [2.45, 2.75) is 24.1 Å². The van der Waals surface area contributed by atoms with Crippen LogP contribution in [0.15, 0.2) is 24.3 Å². The minimum Gasteiger partial charge on any atom is -0.550 e. The van der Waals surface area contributed by atoms with Gasteiger partial charge in [0.05, 0.1) is 6.04 Å². The second-order valence-corrected chi connectivity index (χ2v) is 7.72. The number of nitrogens with zero attached hydrogens (tertiary/aromatic N) is 1. The highest BCUT2D eigenvalue weighted by Crippen LogP contribution is 2.36. The van der Waals surface area contributed by atoms with E-state index in [1.54, 1.807) is 0 Å². The highest BCUT2D eigenvalue weighted by Gasteiger charge is 2.53. The maximum absolute atomic E-state index is 14.1. The Labute approximate surface area is 138 Å². The summed E-state index contributed by atoms with van der Waals surface area (Å²) in [5.41, 5.74) is -0.0967. The summed E-state index contributed by atoms with van der Waals surface area (Å²) in [6.07, 6.45) is 0.398. The molecule has 1 aliphatic heterocycles. The van der Waals surface area contributed by atoms with Crippen molar-refractivity contribution in [3.63, 3.8) is 0 Å². The number of hydrogen-bond acceptors (Lipinski definition) is 6. The number of carbonyl (C=O) groups is 3. The molecule has 7 nitrogen and oxygen atoms in total. The van der Waals surface area contributed by atoms with Gasteiger partial charge in [-0.25, -0.2) is 12.8 Å². The molecule has 0 radical (unpaired) electrons. The largest absolute Gasteiger partial charge is 0.550 e. The van der Waals surface area contributed by atoms with Gasteiger partial charge in [0, 0.05) is 24.3 Å². The smallest absolute Gasteiger partial charge is 0.292 e. The molecule has 24 heavy (non-hydrogen) atoms. The summed E-state index contributed by atoms with van der Waals surface area (Å²) < 4.78 is 38.1. The number of benzene rings is 1. The summed E-state index contributed by atoms with van der Waals surface area (Å²) in [5.74, 6) is -4.28. The number of carbonyl (C=O) groups excluding carboxylic acids is 3. The lowest BCUT2D eigenvalue weighted by Crippen LogP contribution is -2.35. The van der Waals surface area contributed by atoms with E-state index >= 15 is 0 Å². The number of carboxylic acid groups (broad SMARTS) is 1. The molecule has 0 saturated carbocycles. The van der Waals surface area contributed by atoms with Crippen molar-refractivity contribution in [1.29, 1.82) is 0 Å². The fourth-order valence-electron chi connectivity index (χ4n) is 2.81. The third-order valence-electron chi connectivity index (χ3n) is 3.82. The molecule has 2 atom stereocenters. The summed E-state index contributed by atoms with van der Waals surface area (Å²) >= 11 is 0. The van der Waals surface area contributed by atoms with Crippen LogP contribution in [0.2, 0.25) is 0 Å². The number of halogens is 1. The number of likely N-dealkylation sites (tertiary alicyclic amines) is 1. The normalized spacial score (nSPS) is 21.3. The van der Waals surface area contributed by atoms with Gasteiger partial charge in [-0.05, 0) is 18.9 Å². The van der Waals surface area contributed by atoms with Crippen molar-refractivity contribution < 1.29 is 32.3 Å². The molecule has 9 heteroatoms. The topological polar surface area (TPSA) is 112 Å². The first kappa shape index (κ1) is 18.1. The van der Waals surface area contributed by atoms with Crippen LogP contribution in [0.25, 0.3) is 0 Å². The Hall–Kier alpha value is -2.29. The third kappa shape index (κ3) is 3.45. The quantitative estimate of drug-likeness (QED) is 0.618. The first-order valence-electron chi connectivity index (χ1n) is 7.12. The molecule has 1 aromatic rings. The zero-order chi connectivity index (χ0) is 18.1. The molecule has 0 unspecified atom stereocenters. The average molecular weight is 356 g/mol. The van der Waals surface area contributed by atoms with Gasteiger partial charge in [0.25, 0.3) is 5.91 Å². The van der Waals surface area contributed by atoms with Crippen LogP contribution in [0.4, 0.5) is 4.39 Å². The first-order valence-corrected chi connectivity index (χ1v) is 9.08. The van der Waals surface area contributed by atoms with E-state index in [9.17, 15) is 32.3 Å². The molecule has 1 saturated heterocycles. The molecule has 0 aliphatic carbocycles. The summed E-state index contributed by atoms with van der Waals surface area (Å²) in [7, 11) is -3.98. The van der Waals surface area contributed by atoms with E-state index in [1.165, 1.54) is 18.2 Å². The molecular weight excluding hydrogens is 341 g/mol. The molecule has 1 heterocycles. The monoisotopic (exact) mass is 356 g/mol. The Morgan fingerprint density at radius 1 is 1.29 bits per heavy atom.